The summed E-state index contributed by atoms with van der Waals surface area (Å²) in [6, 6.07) is 0. The number of hydrogen-bond donors (Lipinski definition) is 5. The minimum atomic E-state index is -0.594. The zero-order valence-electron chi connectivity index (χ0n) is 17.9. The maximum atomic E-state index is 12.1. The number of fused-ring (bicyclic) bond motifs is 5. The van der Waals surface area contributed by atoms with Crippen molar-refractivity contribution in [2.24, 2.45) is 45.3 Å². The van der Waals surface area contributed by atoms with E-state index < -0.39 is 5.60 Å². The molecule has 162 valence electrons. The van der Waals surface area contributed by atoms with Crippen molar-refractivity contribution in [2.45, 2.75) is 83.3 Å². The van der Waals surface area contributed by atoms with E-state index >= 15 is 0 Å². The smallest absolute Gasteiger partial charge is 0.206 e. The Balaban J connectivity index is 1.53. The van der Waals surface area contributed by atoms with E-state index in [1.807, 2.05) is 6.08 Å². The minimum Gasteiger partial charge on any atom is -0.393 e. The van der Waals surface area contributed by atoms with Gasteiger partial charge >= 0.3 is 0 Å². The Bertz CT molecular complexity index is 709. The highest BCUT2D eigenvalue weighted by atomic mass is 16.3. The summed E-state index contributed by atoms with van der Waals surface area (Å²) in [6.45, 7) is 4.76. The first kappa shape index (κ1) is 20.9. The molecule has 4 aliphatic carbocycles. The number of nitrogens with one attached hydrogen (secondary N) is 2. The number of aliphatic hydroxyl groups is 2. The van der Waals surface area contributed by atoms with E-state index in [4.69, 9.17) is 11.1 Å². The number of hydrogen-bond acceptors (Lipinski definition) is 4. The number of aliphatic hydroxyl groups excluding tert-OH is 1. The fourth-order valence-corrected chi connectivity index (χ4v) is 7.89. The van der Waals surface area contributed by atoms with Gasteiger partial charge in [-0.25, -0.2) is 5.43 Å². The molecule has 0 radical (unpaired) electrons. The zero-order valence-corrected chi connectivity index (χ0v) is 17.9. The molecular weight excluding hydrogens is 364 g/mol. The number of nitrogens with two attached hydrogens (primary N) is 1. The molecule has 0 amide bonds. The summed E-state index contributed by atoms with van der Waals surface area (Å²) in [4.78, 5) is 0. The maximum Gasteiger partial charge on any atom is 0.206 e. The van der Waals surface area contributed by atoms with Crippen LogP contribution in [-0.2, 0) is 0 Å². The van der Waals surface area contributed by atoms with Crippen molar-refractivity contribution >= 4 is 12.2 Å². The molecule has 29 heavy (non-hydrogen) atoms. The molecule has 4 saturated carbocycles. The molecule has 4 aliphatic rings. The second-order valence-electron chi connectivity index (χ2n) is 10.6. The first-order valence-corrected chi connectivity index (χ1v) is 11.4. The predicted octanol–water partition coefficient (Wildman–Crippen LogP) is 3.15. The molecule has 6 nitrogen and oxygen atoms in total. The van der Waals surface area contributed by atoms with E-state index in [1.165, 1.54) is 6.42 Å². The van der Waals surface area contributed by atoms with Gasteiger partial charge in [-0.3, -0.25) is 5.41 Å². The number of allylic oxidation sites excluding steroid dienone is 2. The summed E-state index contributed by atoms with van der Waals surface area (Å²) < 4.78 is 0. The number of hydrazone groups is 1. The van der Waals surface area contributed by atoms with Crippen LogP contribution in [0.1, 0.15) is 71.6 Å². The lowest BCUT2D eigenvalue weighted by atomic mass is 9.43. The van der Waals surface area contributed by atoms with Gasteiger partial charge in [0.25, 0.3) is 0 Å². The van der Waals surface area contributed by atoms with E-state index in [0.717, 1.165) is 51.4 Å². The Morgan fingerprint density at radius 3 is 2.66 bits per heavy atom. The molecule has 6 N–H and O–H groups in total. The Labute approximate surface area is 174 Å². The standard InChI is InChI=1S/C23H38N4O2/c1-21-10-8-17(28)14-16(21)5-6-19-18(21)9-11-22(2)15(7-12-23(19,22)29)4-3-13-26-27-20(24)25/h3-4,13,15-19,28-29H,5-12,14H2,1-2H3,(H4,24,25,27)/b4-3?,26-13+/t15?,16?,17?,18-,19-,21+,22-,23-/m1/s1. The summed E-state index contributed by atoms with van der Waals surface area (Å²) in [6.07, 6.45) is 15.0. The predicted molar refractivity (Wildman–Crippen MR) is 115 cm³/mol. The first-order valence-electron chi connectivity index (χ1n) is 11.4. The molecule has 0 aromatic rings. The summed E-state index contributed by atoms with van der Waals surface area (Å²) in [7, 11) is 0. The van der Waals surface area contributed by atoms with Gasteiger partial charge < -0.3 is 15.9 Å². The molecule has 0 heterocycles. The third-order valence-electron chi connectivity index (χ3n) is 9.59. The summed E-state index contributed by atoms with van der Waals surface area (Å²) in [5, 5.41) is 33.3. The van der Waals surface area contributed by atoms with Crippen LogP contribution in [0.25, 0.3) is 0 Å². The number of nitrogens with zero attached hydrogens (tertiary/aromatic N) is 1. The fourth-order valence-electron chi connectivity index (χ4n) is 7.89. The van der Waals surface area contributed by atoms with Crippen LogP contribution in [0.5, 0.6) is 0 Å². The van der Waals surface area contributed by atoms with Crippen LogP contribution in [-0.4, -0.2) is 34.1 Å². The molecule has 0 aromatic heterocycles. The zero-order chi connectivity index (χ0) is 20.9. The van der Waals surface area contributed by atoms with Gasteiger partial charge in [-0.1, -0.05) is 19.9 Å². The van der Waals surface area contributed by atoms with Crippen molar-refractivity contribution in [3.63, 3.8) is 0 Å². The maximum absolute atomic E-state index is 12.1. The minimum absolute atomic E-state index is 0.0934. The molecule has 0 saturated heterocycles. The van der Waals surface area contributed by atoms with Crippen molar-refractivity contribution in [2.75, 3.05) is 0 Å². The third-order valence-corrected chi connectivity index (χ3v) is 9.59. The van der Waals surface area contributed by atoms with E-state index in [0.29, 0.717) is 23.7 Å². The molecule has 0 aliphatic heterocycles. The summed E-state index contributed by atoms with van der Waals surface area (Å²) in [5.74, 6) is 1.74. The topological polar surface area (TPSA) is 115 Å². The van der Waals surface area contributed by atoms with Gasteiger partial charge in [0.15, 0.2) is 0 Å². The van der Waals surface area contributed by atoms with Gasteiger partial charge in [-0.15, -0.1) is 0 Å². The monoisotopic (exact) mass is 402 g/mol. The second-order valence-corrected chi connectivity index (χ2v) is 10.6. The van der Waals surface area contributed by atoms with Crippen molar-refractivity contribution < 1.29 is 10.2 Å². The Morgan fingerprint density at radius 2 is 1.90 bits per heavy atom. The van der Waals surface area contributed by atoms with Gasteiger partial charge in [-0.2, -0.15) is 5.10 Å². The molecule has 0 spiro atoms. The van der Waals surface area contributed by atoms with E-state index in [9.17, 15) is 10.2 Å². The molecule has 4 fully saturated rings. The van der Waals surface area contributed by atoms with Gasteiger partial charge in [-0.05, 0) is 93.0 Å². The molecule has 3 unspecified atom stereocenters. The van der Waals surface area contributed by atoms with Crippen LogP contribution < -0.4 is 11.2 Å². The molecule has 8 atom stereocenters. The second kappa shape index (κ2) is 7.38. The van der Waals surface area contributed by atoms with Crippen LogP contribution in [0, 0.1) is 39.9 Å². The Morgan fingerprint density at radius 1 is 1.10 bits per heavy atom. The van der Waals surface area contributed by atoms with Crippen LogP contribution in [0.3, 0.4) is 0 Å². The summed E-state index contributed by atoms with van der Waals surface area (Å²) >= 11 is 0. The van der Waals surface area contributed by atoms with Gasteiger partial charge in [0.1, 0.15) is 0 Å². The van der Waals surface area contributed by atoms with Gasteiger partial charge in [0.05, 0.1) is 11.7 Å². The van der Waals surface area contributed by atoms with Crippen molar-refractivity contribution in [1.29, 1.82) is 5.41 Å². The summed E-state index contributed by atoms with van der Waals surface area (Å²) in [5.41, 5.74) is 7.25. The third kappa shape index (κ3) is 3.23. The lowest BCUT2D eigenvalue weighted by Gasteiger charge is -2.63. The molecule has 0 aromatic carbocycles. The molecule has 6 heteroatoms. The van der Waals surface area contributed by atoms with E-state index in [1.54, 1.807) is 6.21 Å². The van der Waals surface area contributed by atoms with Crippen LogP contribution >= 0.6 is 0 Å². The Hall–Kier alpha value is -1.40. The molecule has 0 bridgehead atoms. The van der Waals surface area contributed by atoms with E-state index in [2.05, 4.69) is 30.5 Å². The van der Waals surface area contributed by atoms with Gasteiger partial charge in [0, 0.05) is 11.6 Å². The highest BCUT2D eigenvalue weighted by Crippen LogP contribution is 2.69. The Kier molecular flexibility index (Phi) is 5.31. The van der Waals surface area contributed by atoms with Crippen molar-refractivity contribution in [3.8, 4) is 0 Å². The average molecular weight is 403 g/mol. The highest BCUT2D eigenvalue weighted by molar-refractivity contribution is 5.77. The van der Waals surface area contributed by atoms with Crippen molar-refractivity contribution in [1.82, 2.24) is 5.43 Å². The SMILES string of the molecule is C[C@]12CCC(O)CC1CC[C@@H]1[C@H]2CC[C@]2(C)C(C=C/C=N/NC(=N)N)CC[C@@]12O. The fraction of sp³-hybridized carbons (Fsp3) is 0.826. The largest absolute Gasteiger partial charge is 0.393 e. The normalized spacial score (nSPS) is 49.6. The van der Waals surface area contributed by atoms with E-state index in [-0.39, 0.29) is 22.9 Å². The lowest BCUT2D eigenvalue weighted by molar-refractivity contribution is -0.207. The number of rotatable bonds is 3. The van der Waals surface area contributed by atoms with Crippen LogP contribution in [0.15, 0.2) is 17.3 Å². The van der Waals surface area contributed by atoms with Crippen molar-refractivity contribution in [3.05, 3.63) is 12.2 Å². The molecule has 4 rings (SSSR count). The van der Waals surface area contributed by atoms with Crippen LogP contribution in [0.4, 0.5) is 0 Å². The average Bonchev–Trinajstić information content (AvgIpc) is 2.93. The first-order chi connectivity index (χ1) is 13.7. The molecular formula is C23H38N4O2. The van der Waals surface area contributed by atoms with Crippen LogP contribution in [0.2, 0.25) is 0 Å². The quantitative estimate of drug-likeness (QED) is 0.283. The number of guanidine groups is 1. The van der Waals surface area contributed by atoms with Gasteiger partial charge in [0.2, 0.25) is 5.96 Å². The highest BCUT2D eigenvalue weighted by Gasteiger charge is 2.66. The lowest BCUT2D eigenvalue weighted by Crippen LogP contribution is -2.62.